The lowest BCUT2D eigenvalue weighted by atomic mass is 9.85. The molecule has 1 aliphatic rings. The van der Waals surface area contributed by atoms with Gasteiger partial charge in [-0.15, -0.1) is 0 Å². The molecule has 0 saturated carbocycles. The predicted molar refractivity (Wildman–Crippen MR) is 76.1 cm³/mol. The largest absolute Gasteiger partial charge is 0.327 e. The third-order valence-electron chi connectivity index (χ3n) is 4.39. The maximum atomic E-state index is 6.23. The maximum Gasteiger partial charge on any atom is 0.00998 e. The van der Waals surface area contributed by atoms with E-state index >= 15 is 0 Å². The fourth-order valence-electron chi connectivity index (χ4n) is 2.61. The molecule has 2 atom stereocenters. The van der Waals surface area contributed by atoms with E-state index in [1.165, 1.54) is 45.3 Å². The number of rotatable bonds is 4. The second kappa shape index (κ2) is 6.75. The Morgan fingerprint density at radius 3 is 2.53 bits per heavy atom. The zero-order chi connectivity index (χ0) is 12.9. The molecular weight excluding hydrogens is 208 g/mol. The summed E-state index contributed by atoms with van der Waals surface area (Å²) in [5.41, 5.74) is 6.48. The van der Waals surface area contributed by atoms with Crippen molar-refractivity contribution in [2.45, 2.75) is 65.8 Å². The minimum Gasteiger partial charge on any atom is -0.327 e. The minimum atomic E-state index is 0.248. The highest BCUT2D eigenvalue weighted by Gasteiger charge is 2.22. The lowest BCUT2D eigenvalue weighted by molar-refractivity contribution is 0.231. The van der Waals surface area contributed by atoms with Gasteiger partial charge in [0.25, 0.3) is 0 Å². The van der Waals surface area contributed by atoms with Gasteiger partial charge in [-0.05, 0) is 56.7 Å². The van der Waals surface area contributed by atoms with Gasteiger partial charge in [0.15, 0.2) is 0 Å². The molecular formula is C15H32N2. The predicted octanol–water partition coefficient (Wildman–Crippen LogP) is 3.26. The van der Waals surface area contributed by atoms with Gasteiger partial charge in [-0.3, -0.25) is 0 Å². The van der Waals surface area contributed by atoms with Crippen molar-refractivity contribution in [1.29, 1.82) is 0 Å². The van der Waals surface area contributed by atoms with Crippen LogP contribution in [0, 0.1) is 11.3 Å². The molecule has 2 N–H and O–H groups in total. The van der Waals surface area contributed by atoms with Crippen molar-refractivity contribution in [3.63, 3.8) is 0 Å². The lowest BCUT2D eigenvalue weighted by Gasteiger charge is -2.29. The van der Waals surface area contributed by atoms with Crippen molar-refractivity contribution >= 4 is 0 Å². The molecule has 0 aromatic carbocycles. The lowest BCUT2D eigenvalue weighted by Crippen LogP contribution is -2.39. The Labute approximate surface area is 108 Å². The van der Waals surface area contributed by atoms with Crippen LogP contribution in [0.4, 0.5) is 0 Å². The number of nitrogens with zero attached hydrogens (tertiary/aromatic N) is 1. The molecule has 2 nitrogen and oxygen atoms in total. The van der Waals surface area contributed by atoms with E-state index in [4.69, 9.17) is 5.73 Å². The van der Waals surface area contributed by atoms with Crippen molar-refractivity contribution in [2.24, 2.45) is 17.1 Å². The van der Waals surface area contributed by atoms with E-state index in [9.17, 15) is 0 Å². The van der Waals surface area contributed by atoms with Gasteiger partial charge >= 0.3 is 0 Å². The van der Waals surface area contributed by atoms with Crippen molar-refractivity contribution < 1.29 is 0 Å². The van der Waals surface area contributed by atoms with Crippen LogP contribution in [-0.4, -0.2) is 30.6 Å². The van der Waals surface area contributed by atoms with Crippen molar-refractivity contribution in [2.75, 3.05) is 19.6 Å². The highest BCUT2D eigenvalue weighted by molar-refractivity contribution is 4.79. The normalized spacial score (nSPS) is 25.6. The average Bonchev–Trinajstić information content (AvgIpc) is 2.49. The third-order valence-corrected chi connectivity index (χ3v) is 4.39. The molecule has 0 spiro atoms. The molecule has 2 heteroatoms. The van der Waals surface area contributed by atoms with Gasteiger partial charge in [-0.25, -0.2) is 0 Å². The monoisotopic (exact) mass is 240 g/mol. The van der Waals surface area contributed by atoms with Crippen molar-refractivity contribution in [1.82, 2.24) is 4.90 Å². The summed E-state index contributed by atoms with van der Waals surface area (Å²) < 4.78 is 0. The fourth-order valence-corrected chi connectivity index (χ4v) is 2.61. The molecule has 0 amide bonds. The number of hydrogen-bond donors (Lipinski definition) is 1. The first-order chi connectivity index (χ1) is 7.93. The molecule has 17 heavy (non-hydrogen) atoms. The standard InChI is InChI=1S/C15H32N2/c1-5-13-7-6-10-17(11-8-13)12-9-14(16)15(2,3)4/h13-14H,5-12,16H2,1-4H3. The topological polar surface area (TPSA) is 29.3 Å². The molecule has 1 rings (SSSR count). The maximum absolute atomic E-state index is 6.23. The van der Waals surface area contributed by atoms with Crippen LogP contribution in [0.25, 0.3) is 0 Å². The van der Waals surface area contributed by atoms with Crippen LogP contribution < -0.4 is 5.73 Å². The van der Waals surface area contributed by atoms with Gasteiger partial charge in [0.1, 0.15) is 0 Å². The Bertz CT molecular complexity index is 207. The van der Waals surface area contributed by atoms with Gasteiger partial charge in [0, 0.05) is 6.04 Å². The highest BCUT2D eigenvalue weighted by atomic mass is 15.1. The van der Waals surface area contributed by atoms with Crippen LogP contribution in [0.2, 0.25) is 0 Å². The Morgan fingerprint density at radius 1 is 1.24 bits per heavy atom. The second-order valence-corrected chi connectivity index (χ2v) is 6.81. The molecule has 1 aliphatic heterocycles. The summed E-state index contributed by atoms with van der Waals surface area (Å²) in [6.45, 7) is 12.8. The fraction of sp³-hybridized carbons (Fsp3) is 1.00. The summed E-state index contributed by atoms with van der Waals surface area (Å²) in [4.78, 5) is 2.63. The first-order valence-electron chi connectivity index (χ1n) is 7.41. The first-order valence-corrected chi connectivity index (χ1v) is 7.41. The number of likely N-dealkylation sites (tertiary alicyclic amines) is 1. The molecule has 0 aliphatic carbocycles. The average molecular weight is 240 g/mol. The summed E-state index contributed by atoms with van der Waals surface area (Å²) >= 11 is 0. The smallest absolute Gasteiger partial charge is 0.00998 e. The van der Waals surface area contributed by atoms with E-state index < -0.39 is 0 Å². The third kappa shape index (κ3) is 5.39. The van der Waals surface area contributed by atoms with Crippen LogP contribution >= 0.6 is 0 Å². The zero-order valence-corrected chi connectivity index (χ0v) is 12.3. The summed E-state index contributed by atoms with van der Waals surface area (Å²) in [5.74, 6) is 0.969. The summed E-state index contributed by atoms with van der Waals surface area (Å²) in [5, 5.41) is 0. The van der Waals surface area contributed by atoms with E-state index in [0.717, 1.165) is 12.3 Å². The highest BCUT2D eigenvalue weighted by Crippen LogP contribution is 2.22. The molecule has 102 valence electrons. The molecule has 0 radical (unpaired) electrons. The van der Waals surface area contributed by atoms with Crippen LogP contribution in [0.5, 0.6) is 0 Å². The molecule has 0 bridgehead atoms. The summed E-state index contributed by atoms with van der Waals surface area (Å²) in [6.07, 6.45) is 6.69. The van der Waals surface area contributed by atoms with E-state index in [1.807, 2.05) is 0 Å². The van der Waals surface area contributed by atoms with Gasteiger partial charge in [0.05, 0.1) is 0 Å². The van der Waals surface area contributed by atoms with Crippen LogP contribution in [0.1, 0.15) is 59.8 Å². The van der Waals surface area contributed by atoms with E-state index in [2.05, 4.69) is 32.6 Å². The van der Waals surface area contributed by atoms with Gasteiger partial charge in [0.2, 0.25) is 0 Å². The molecule has 1 heterocycles. The molecule has 1 fully saturated rings. The molecule has 0 aromatic rings. The number of hydrogen-bond acceptors (Lipinski definition) is 2. The van der Waals surface area contributed by atoms with E-state index in [-0.39, 0.29) is 5.41 Å². The molecule has 2 unspecified atom stereocenters. The quantitative estimate of drug-likeness (QED) is 0.817. The van der Waals surface area contributed by atoms with Crippen molar-refractivity contribution in [3.05, 3.63) is 0 Å². The number of nitrogens with two attached hydrogens (primary N) is 1. The Hall–Kier alpha value is -0.0800. The van der Waals surface area contributed by atoms with E-state index in [1.54, 1.807) is 0 Å². The SMILES string of the molecule is CCC1CCCN(CCC(N)C(C)(C)C)CC1. The van der Waals surface area contributed by atoms with Crippen LogP contribution in [-0.2, 0) is 0 Å². The zero-order valence-electron chi connectivity index (χ0n) is 12.3. The minimum absolute atomic E-state index is 0.248. The van der Waals surface area contributed by atoms with Crippen LogP contribution in [0.3, 0.4) is 0 Å². The molecule has 1 saturated heterocycles. The second-order valence-electron chi connectivity index (χ2n) is 6.81. The van der Waals surface area contributed by atoms with Crippen molar-refractivity contribution in [3.8, 4) is 0 Å². The first kappa shape index (κ1) is 15.0. The van der Waals surface area contributed by atoms with E-state index in [0.29, 0.717) is 6.04 Å². The summed E-state index contributed by atoms with van der Waals surface area (Å²) in [6, 6.07) is 0.327. The molecule has 0 aromatic heterocycles. The van der Waals surface area contributed by atoms with Crippen LogP contribution in [0.15, 0.2) is 0 Å². The Morgan fingerprint density at radius 2 is 1.94 bits per heavy atom. The van der Waals surface area contributed by atoms with Gasteiger partial charge in [-0.1, -0.05) is 34.1 Å². The Balaban J connectivity index is 2.28. The van der Waals surface area contributed by atoms with Gasteiger partial charge in [-0.2, -0.15) is 0 Å². The van der Waals surface area contributed by atoms with Gasteiger partial charge < -0.3 is 10.6 Å². The summed E-state index contributed by atoms with van der Waals surface area (Å²) in [7, 11) is 0. The Kier molecular flexibility index (Phi) is 5.94.